The molecule has 8 aromatic carbocycles. The maximum absolute atomic E-state index is 5.34. The SMILES string of the molecule is c1ccc(C2N=C(c3ccc4sc5c6ccccc6nc(-c6ccc7ccccc7c6)c5c4c3)N=C(c3ccc(-n4c5ccccc5c5ccccc54)cc3)[N-]2)cc1. The molecule has 1 atom stereocenters. The molecule has 3 aromatic heterocycles. The van der Waals surface area contributed by atoms with Crippen molar-refractivity contribution in [1.82, 2.24) is 9.55 Å². The lowest BCUT2D eigenvalue weighted by Crippen LogP contribution is -2.16. The van der Waals surface area contributed by atoms with Gasteiger partial charge in [-0.25, -0.2) is 4.98 Å². The van der Waals surface area contributed by atoms with Gasteiger partial charge in [0.25, 0.3) is 0 Å². The van der Waals surface area contributed by atoms with E-state index in [1.807, 2.05) is 29.5 Å². The van der Waals surface area contributed by atoms with E-state index < -0.39 is 6.17 Å². The molecule has 12 rings (SSSR count). The zero-order valence-corrected chi connectivity index (χ0v) is 31.9. The number of pyridine rings is 1. The third-order valence-corrected chi connectivity index (χ3v) is 12.6. The fraction of sp³-hybridized carbons (Fsp3) is 0.0192. The van der Waals surface area contributed by atoms with Gasteiger partial charge in [-0.3, -0.25) is 4.99 Å². The Balaban J connectivity index is 1.01. The van der Waals surface area contributed by atoms with Crippen molar-refractivity contribution in [2.75, 3.05) is 0 Å². The van der Waals surface area contributed by atoms with Crippen molar-refractivity contribution in [3.05, 3.63) is 210 Å². The van der Waals surface area contributed by atoms with Crippen molar-refractivity contribution >= 4 is 86.7 Å². The zero-order valence-electron chi connectivity index (χ0n) is 31.1. The number of aliphatic imine (C=N–C) groups is 2. The van der Waals surface area contributed by atoms with E-state index in [4.69, 9.17) is 20.3 Å². The molecular weight excluding hydrogens is 727 g/mol. The first-order chi connectivity index (χ1) is 28.7. The average Bonchev–Trinajstić information content (AvgIpc) is 3.85. The number of fused-ring (bicyclic) bond motifs is 9. The van der Waals surface area contributed by atoms with E-state index in [-0.39, 0.29) is 0 Å². The highest BCUT2D eigenvalue weighted by Crippen LogP contribution is 2.44. The monoisotopic (exact) mass is 758 g/mol. The van der Waals surface area contributed by atoms with Crippen LogP contribution < -0.4 is 0 Å². The Kier molecular flexibility index (Phi) is 7.40. The van der Waals surface area contributed by atoms with Crippen LogP contribution in [0.5, 0.6) is 0 Å². The minimum atomic E-state index is -0.436. The van der Waals surface area contributed by atoms with E-state index in [1.54, 1.807) is 0 Å². The summed E-state index contributed by atoms with van der Waals surface area (Å²) < 4.78 is 4.76. The predicted molar refractivity (Wildman–Crippen MR) is 244 cm³/mol. The fourth-order valence-corrected chi connectivity index (χ4v) is 9.80. The Hall–Kier alpha value is -7.41. The molecule has 1 aliphatic rings. The summed E-state index contributed by atoms with van der Waals surface area (Å²) >= 11 is 1.82. The topological polar surface area (TPSA) is 56.6 Å². The molecule has 58 heavy (non-hydrogen) atoms. The molecule has 0 saturated heterocycles. The lowest BCUT2D eigenvalue weighted by molar-refractivity contribution is 0.878. The maximum Gasteiger partial charge on any atom is 0.0822 e. The third kappa shape index (κ3) is 5.26. The highest BCUT2D eigenvalue weighted by Gasteiger charge is 2.19. The predicted octanol–water partition coefficient (Wildman–Crippen LogP) is 13.8. The largest absolute Gasteiger partial charge is 0.438 e. The van der Waals surface area contributed by atoms with E-state index in [0.717, 1.165) is 55.3 Å². The number of aromatic nitrogens is 2. The van der Waals surface area contributed by atoms with Gasteiger partial charge in [0.1, 0.15) is 0 Å². The highest BCUT2D eigenvalue weighted by atomic mass is 32.1. The van der Waals surface area contributed by atoms with Crippen LogP contribution in [0.15, 0.2) is 198 Å². The summed E-state index contributed by atoms with van der Waals surface area (Å²) in [4.78, 5) is 15.8. The zero-order chi connectivity index (χ0) is 38.2. The number of hydrogen-bond donors (Lipinski definition) is 0. The number of para-hydroxylation sites is 3. The van der Waals surface area contributed by atoms with E-state index in [9.17, 15) is 0 Å². The summed E-state index contributed by atoms with van der Waals surface area (Å²) in [6.45, 7) is 0. The van der Waals surface area contributed by atoms with Gasteiger partial charge in [0.2, 0.25) is 0 Å². The molecule has 5 nitrogen and oxygen atoms in total. The summed E-state index contributed by atoms with van der Waals surface area (Å²) in [5.74, 6) is 1.32. The lowest BCUT2D eigenvalue weighted by Gasteiger charge is -2.32. The normalized spacial score (nSPS) is 14.4. The van der Waals surface area contributed by atoms with Gasteiger partial charge in [0, 0.05) is 47.6 Å². The second-order valence-corrected chi connectivity index (χ2v) is 15.8. The Labute approximate surface area is 337 Å². The Morgan fingerprint density at radius 3 is 1.97 bits per heavy atom. The van der Waals surface area contributed by atoms with Crippen LogP contribution in [0.25, 0.3) is 85.9 Å². The summed E-state index contributed by atoms with van der Waals surface area (Å²) in [5, 5.41) is 13.5. The van der Waals surface area contributed by atoms with Crippen molar-refractivity contribution in [2.45, 2.75) is 6.17 Å². The van der Waals surface area contributed by atoms with Crippen LogP contribution in [-0.4, -0.2) is 21.2 Å². The molecule has 1 aliphatic heterocycles. The summed E-state index contributed by atoms with van der Waals surface area (Å²) in [5.41, 5.74) is 9.42. The summed E-state index contributed by atoms with van der Waals surface area (Å²) in [6.07, 6.45) is -0.436. The second-order valence-electron chi connectivity index (χ2n) is 14.8. The molecule has 11 aromatic rings. The number of amidine groups is 2. The van der Waals surface area contributed by atoms with Crippen molar-refractivity contribution < 1.29 is 0 Å². The first kappa shape index (κ1) is 32.8. The van der Waals surface area contributed by atoms with Crippen LogP contribution in [-0.2, 0) is 0 Å². The molecule has 0 radical (unpaired) electrons. The van der Waals surface area contributed by atoms with Gasteiger partial charge in [-0.05, 0) is 76.0 Å². The first-order valence-electron chi connectivity index (χ1n) is 19.5. The number of hydrogen-bond acceptors (Lipinski definition) is 4. The van der Waals surface area contributed by atoms with Gasteiger partial charge in [-0.1, -0.05) is 145 Å². The van der Waals surface area contributed by atoms with Crippen LogP contribution in [0.2, 0.25) is 0 Å². The fourth-order valence-electron chi connectivity index (χ4n) is 8.58. The Bertz CT molecular complexity index is 3430. The summed E-state index contributed by atoms with van der Waals surface area (Å²) in [7, 11) is 0. The standard InChI is InChI=1S/C52H32N5S/c1-2-13-33(14-3-1)50-54-51(34-24-27-38(28-25-34)57-44-20-10-7-16-39(44)40-17-8-11-21-45(40)57)56-52(55-50)37-26-29-46-42(31-37)47-48(36-23-22-32-12-4-5-15-35(32)30-36)53-43-19-9-6-18-41(43)49(47)58-46/h1-31,50H/q-1. The summed E-state index contributed by atoms with van der Waals surface area (Å²) in [6, 6.07) is 66.4. The molecule has 0 N–H and O–H groups in total. The average molecular weight is 759 g/mol. The van der Waals surface area contributed by atoms with Crippen LogP contribution >= 0.6 is 11.3 Å². The highest BCUT2D eigenvalue weighted by molar-refractivity contribution is 7.26. The minimum absolute atomic E-state index is 0.436. The Morgan fingerprint density at radius 2 is 1.17 bits per heavy atom. The van der Waals surface area contributed by atoms with Gasteiger partial charge in [0.05, 0.1) is 34.2 Å². The smallest absolute Gasteiger partial charge is 0.0822 e. The van der Waals surface area contributed by atoms with Gasteiger partial charge < -0.3 is 14.9 Å². The molecule has 0 fully saturated rings. The maximum atomic E-state index is 5.34. The van der Waals surface area contributed by atoms with E-state index in [2.05, 4.69) is 174 Å². The number of benzene rings is 8. The third-order valence-electron chi connectivity index (χ3n) is 11.3. The van der Waals surface area contributed by atoms with Gasteiger partial charge >= 0.3 is 0 Å². The quantitative estimate of drug-likeness (QED) is 0.172. The molecule has 272 valence electrons. The Morgan fingerprint density at radius 1 is 0.517 bits per heavy atom. The molecular formula is C52H32N5S-. The first-order valence-corrected chi connectivity index (χ1v) is 20.3. The second kappa shape index (κ2) is 13.1. The molecule has 0 bridgehead atoms. The van der Waals surface area contributed by atoms with Crippen LogP contribution in [0.1, 0.15) is 22.9 Å². The molecule has 1 unspecified atom stereocenters. The minimum Gasteiger partial charge on any atom is -0.438 e. The van der Waals surface area contributed by atoms with Crippen LogP contribution in [0, 0.1) is 0 Å². The van der Waals surface area contributed by atoms with Gasteiger partial charge in [-0.15, -0.1) is 11.3 Å². The number of rotatable bonds is 5. The molecule has 0 aliphatic carbocycles. The molecule has 4 heterocycles. The van der Waals surface area contributed by atoms with Crippen molar-refractivity contribution in [3.8, 4) is 16.9 Å². The van der Waals surface area contributed by atoms with E-state index in [1.165, 1.54) is 42.0 Å². The van der Waals surface area contributed by atoms with Crippen molar-refractivity contribution in [3.63, 3.8) is 0 Å². The van der Waals surface area contributed by atoms with Crippen LogP contribution in [0.3, 0.4) is 0 Å². The van der Waals surface area contributed by atoms with E-state index >= 15 is 0 Å². The molecule has 0 spiro atoms. The number of nitrogens with zero attached hydrogens (tertiary/aromatic N) is 5. The molecule has 0 amide bonds. The van der Waals surface area contributed by atoms with Crippen molar-refractivity contribution in [1.29, 1.82) is 0 Å². The molecule has 0 saturated carbocycles. The van der Waals surface area contributed by atoms with Crippen molar-refractivity contribution in [2.24, 2.45) is 9.98 Å². The lowest BCUT2D eigenvalue weighted by atomic mass is 9.99. The van der Waals surface area contributed by atoms with Crippen LogP contribution in [0.4, 0.5) is 0 Å². The molecule has 6 heteroatoms. The van der Waals surface area contributed by atoms with Gasteiger partial charge in [0.15, 0.2) is 0 Å². The number of thiophene rings is 1. The van der Waals surface area contributed by atoms with Gasteiger partial charge in [-0.2, -0.15) is 0 Å². The van der Waals surface area contributed by atoms with E-state index in [0.29, 0.717) is 11.7 Å².